The van der Waals surface area contributed by atoms with Gasteiger partial charge in [0.05, 0.1) is 6.61 Å². The summed E-state index contributed by atoms with van der Waals surface area (Å²) in [6.07, 6.45) is 0. The van der Waals surface area contributed by atoms with Gasteiger partial charge in [0.2, 0.25) is 0 Å². The number of rotatable bonds is 5. The summed E-state index contributed by atoms with van der Waals surface area (Å²) in [6.45, 7) is 2.46. The fourth-order valence-corrected chi connectivity index (χ4v) is 2.18. The Labute approximate surface area is 125 Å². The van der Waals surface area contributed by atoms with E-state index in [-0.39, 0.29) is 5.91 Å². The average Bonchev–Trinajstić information content (AvgIpc) is 2.47. The normalized spacial score (nSPS) is 10.2. The molecule has 2 aromatic rings. The predicted octanol–water partition coefficient (Wildman–Crippen LogP) is 3.44. The Bertz CT molecular complexity index is 638. The van der Waals surface area contributed by atoms with Gasteiger partial charge >= 0.3 is 0 Å². The van der Waals surface area contributed by atoms with Gasteiger partial charge in [-0.05, 0) is 48.4 Å². The van der Waals surface area contributed by atoms with Crippen molar-refractivity contribution in [3.05, 3.63) is 59.2 Å². The van der Waals surface area contributed by atoms with E-state index >= 15 is 0 Å². The third-order valence-corrected chi connectivity index (χ3v) is 3.26. The Balaban J connectivity index is 2.16. The van der Waals surface area contributed by atoms with Crippen molar-refractivity contribution in [1.29, 1.82) is 0 Å². The van der Waals surface area contributed by atoms with Gasteiger partial charge in [0.1, 0.15) is 0 Å². The minimum absolute atomic E-state index is 0.107. The average molecular weight is 284 g/mol. The largest absolute Gasteiger partial charge is 0.388 e. The third-order valence-electron chi connectivity index (χ3n) is 3.26. The van der Waals surface area contributed by atoms with Crippen LogP contribution in [0.3, 0.4) is 0 Å². The van der Waals surface area contributed by atoms with E-state index in [0.717, 1.165) is 22.5 Å². The van der Waals surface area contributed by atoms with Gasteiger partial charge in [-0.25, -0.2) is 0 Å². The highest BCUT2D eigenvalue weighted by molar-refractivity contribution is 6.05. The number of carbonyl (C=O) groups is 1. The van der Waals surface area contributed by atoms with E-state index in [4.69, 9.17) is 4.74 Å². The summed E-state index contributed by atoms with van der Waals surface area (Å²) in [5.41, 5.74) is 4.40. The number of nitrogens with one attached hydrogen (secondary N) is 2. The Hall–Kier alpha value is -2.33. The van der Waals surface area contributed by atoms with Gasteiger partial charge in [0.15, 0.2) is 0 Å². The van der Waals surface area contributed by atoms with Crippen molar-refractivity contribution in [2.24, 2.45) is 0 Å². The highest BCUT2D eigenvalue weighted by Crippen LogP contribution is 2.17. The van der Waals surface area contributed by atoms with Crippen molar-refractivity contribution in [3.63, 3.8) is 0 Å². The van der Waals surface area contributed by atoms with Crippen molar-refractivity contribution in [3.8, 4) is 0 Å². The summed E-state index contributed by atoms with van der Waals surface area (Å²) < 4.78 is 5.10. The maximum absolute atomic E-state index is 12.3. The lowest BCUT2D eigenvalue weighted by Gasteiger charge is -2.10. The molecular weight excluding hydrogens is 264 g/mol. The van der Waals surface area contributed by atoms with Crippen molar-refractivity contribution in [2.45, 2.75) is 13.5 Å². The summed E-state index contributed by atoms with van der Waals surface area (Å²) >= 11 is 0. The number of aryl methyl sites for hydroxylation is 1. The maximum Gasteiger partial charge on any atom is 0.255 e. The Kier molecular flexibility index (Phi) is 4.95. The SMILES string of the molecule is CNc1ccc(C(=O)Nc2cccc(COC)c2)c(C)c1. The lowest BCUT2D eigenvalue weighted by atomic mass is 10.1. The molecule has 2 rings (SSSR count). The fourth-order valence-electron chi connectivity index (χ4n) is 2.18. The molecule has 4 heteroatoms. The minimum atomic E-state index is -0.107. The summed E-state index contributed by atoms with van der Waals surface area (Å²) in [6, 6.07) is 13.3. The summed E-state index contributed by atoms with van der Waals surface area (Å²) in [5.74, 6) is -0.107. The van der Waals surface area contributed by atoms with Gasteiger partial charge in [-0.1, -0.05) is 12.1 Å². The number of hydrogen-bond donors (Lipinski definition) is 2. The van der Waals surface area contributed by atoms with Crippen LogP contribution in [-0.2, 0) is 11.3 Å². The zero-order valence-electron chi connectivity index (χ0n) is 12.6. The van der Waals surface area contributed by atoms with Crippen molar-refractivity contribution < 1.29 is 9.53 Å². The molecule has 0 atom stereocenters. The van der Waals surface area contributed by atoms with Gasteiger partial charge in [-0.3, -0.25) is 4.79 Å². The first-order valence-electron chi connectivity index (χ1n) is 6.81. The van der Waals surface area contributed by atoms with E-state index in [9.17, 15) is 4.79 Å². The van der Waals surface area contributed by atoms with E-state index in [1.165, 1.54) is 0 Å². The molecule has 0 aliphatic rings. The molecular formula is C17H20N2O2. The van der Waals surface area contributed by atoms with Crippen LogP contribution >= 0.6 is 0 Å². The first-order valence-corrected chi connectivity index (χ1v) is 6.81. The first-order chi connectivity index (χ1) is 10.1. The minimum Gasteiger partial charge on any atom is -0.388 e. The predicted molar refractivity (Wildman–Crippen MR) is 85.8 cm³/mol. The molecule has 1 amide bonds. The molecule has 0 aromatic heterocycles. The molecule has 0 fully saturated rings. The highest BCUT2D eigenvalue weighted by atomic mass is 16.5. The van der Waals surface area contributed by atoms with E-state index in [1.54, 1.807) is 7.11 Å². The molecule has 21 heavy (non-hydrogen) atoms. The van der Waals surface area contributed by atoms with Gasteiger partial charge in [0, 0.05) is 31.1 Å². The molecule has 0 aliphatic heterocycles. The van der Waals surface area contributed by atoms with Gasteiger partial charge < -0.3 is 15.4 Å². The van der Waals surface area contributed by atoms with Crippen LogP contribution in [0.2, 0.25) is 0 Å². The number of anilines is 2. The molecule has 0 radical (unpaired) electrons. The molecule has 0 spiro atoms. The van der Waals surface area contributed by atoms with Crippen LogP contribution in [0.1, 0.15) is 21.5 Å². The third kappa shape index (κ3) is 3.83. The molecule has 2 aromatic carbocycles. The van der Waals surface area contributed by atoms with E-state index in [2.05, 4.69) is 10.6 Å². The second-order valence-electron chi connectivity index (χ2n) is 4.87. The Morgan fingerprint density at radius 1 is 1.14 bits per heavy atom. The number of carbonyl (C=O) groups excluding carboxylic acids is 1. The Morgan fingerprint density at radius 2 is 1.95 bits per heavy atom. The molecule has 0 aliphatic carbocycles. The van der Waals surface area contributed by atoms with Crippen LogP contribution in [0.4, 0.5) is 11.4 Å². The van der Waals surface area contributed by atoms with Gasteiger partial charge in [-0.15, -0.1) is 0 Å². The Morgan fingerprint density at radius 3 is 2.62 bits per heavy atom. The fraction of sp³-hybridized carbons (Fsp3) is 0.235. The number of hydrogen-bond acceptors (Lipinski definition) is 3. The number of methoxy groups -OCH3 is 1. The molecule has 0 heterocycles. The van der Waals surface area contributed by atoms with Crippen molar-refractivity contribution in [1.82, 2.24) is 0 Å². The highest BCUT2D eigenvalue weighted by Gasteiger charge is 2.10. The van der Waals surface area contributed by atoms with Gasteiger partial charge in [0.25, 0.3) is 5.91 Å². The van der Waals surface area contributed by atoms with Crippen LogP contribution in [0, 0.1) is 6.92 Å². The molecule has 110 valence electrons. The van der Waals surface area contributed by atoms with E-state index in [1.807, 2.05) is 56.4 Å². The number of ether oxygens (including phenoxy) is 1. The summed E-state index contributed by atoms with van der Waals surface area (Å²) in [5, 5.41) is 5.98. The number of benzene rings is 2. The smallest absolute Gasteiger partial charge is 0.255 e. The van der Waals surface area contributed by atoms with E-state index in [0.29, 0.717) is 12.2 Å². The lowest BCUT2D eigenvalue weighted by molar-refractivity contribution is 0.102. The van der Waals surface area contributed by atoms with Gasteiger partial charge in [-0.2, -0.15) is 0 Å². The second kappa shape index (κ2) is 6.90. The first kappa shape index (κ1) is 15.1. The molecule has 0 bridgehead atoms. The summed E-state index contributed by atoms with van der Waals surface area (Å²) in [7, 11) is 3.51. The molecule has 0 unspecified atom stereocenters. The van der Waals surface area contributed by atoms with Crippen LogP contribution < -0.4 is 10.6 Å². The molecule has 4 nitrogen and oxygen atoms in total. The van der Waals surface area contributed by atoms with Crippen LogP contribution in [0.25, 0.3) is 0 Å². The van der Waals surface area contributed by atoms with Crippen molar-refractivity contribution >= 4 is 17.3 Å². The molecule has 0 saturated heterocycles. The molecule has 2 N–H and O–H groups in total. The van der Waals surface area contributed by atoms with Crippen LogP contribution in [-0.4, -0.2) is 20.1 Å². The summed E-state index contributed by atoms with van der Waals surface area (Å²) in [4.78, 5) is 12.3. The van der Waals surface area contributed by atoms with E-state index < -0.39 is 0 Å². The van der Waals surface area contributed by atoms with Crippen molar-refractivity contribution in [2.75, 3.05) is 24.8 Å². The standard InChI is InChI=1S/C17H20N2O2/c1-12-9-14(18-2)7-8-16(12)17(20)19-15-6-4-5-13(10-15)11-21-3/h4-10,18H,11H2,1-3H3,(H,19,20). The van der Waals surface area contributed by atoms with Crippen LogP contribution in [0.5, 0.6) is 0 Å². The molecule has 0 saturated carbocycles. The maximum atomic E-state index is 12.3. The quantitative estimate of drug-likeness (QED) is 0.884. The zero-order valence-corrected chi connectivity index (χ0v) is 12.6. The monoisotopic (exact) mass is 284 g/mol. The zero-order chi connectivity index (χ0) is 15.2. The lowest BCUT2D eigenvalue weighted by Crippen LogP contribution is -2.13. The van der Waals surface area contributed by atoms with Crippen LogP contribution in [0.15, 0.2) is 42.5 Å². The number of amides is 1. The topological polar surface area (TPSA) is 50.4 Å². The second-order valence-corrected chi connectivity index (χ2v) is 4.87.